The van der Waals surface area contributed by atoms with Crippen molar-refractivity contribution in [1.29, 1.82) is 0 Å². The fourth-order valence-electron chi connectivity index (χ4n) is 2.55. The molecule has 2 N–H and O–H groups in total. The first kappa shape index (κ1) is 19.3. The molecule has 6 nitrogen and oxygen atoms in total. The third-order valence-corrected chi connectivity index (χ3v) is 5.19. The lowest BCUT2D eigenvalue weighted by Gasteiger charge is -2.19. The Kier molecular flexibility index (Phi) is 7.31. The van der Waals surface area contributed by atoms with E-state index in [1.54, 1.807) is 4.90 Å². The van der Waals surface area contributed by atoms with Crippen LogP contribution in [0.2, 0.25) is 0 Å². The number of hydrazine groups is 1. The zero-order valence-corrected chi connectivity index (χ0v) is 15.6. The predicted octanol–water partition coefficient (Wildman–Crippen LogP) is 1.95. The molecule has 0 spiro atoms. The van der Waals surface area contributed by atoms with Crippen LogP contribution < -0.4 is 10.9 Å². The highest BCUT2D eigenvalue weighted by atomic mass is 32.2. The van der Waals surface area contributed by atoms with Crippen molar-refractivity contribution in [3.05, 3.63) is 29.3 Å². The average molecular weight is 363 g/mol. The number of nitrogens with zero attached hydrogens (tertiary/aromatic N) is 1. The summed E-state index contributed by atoms with van der Waals surface area (Å²) in [5.41, 5.74) is 7.18. The summed E-state index contributed by atoms with van der Waals surface area (Å²) in [6.45, 7) is 4.66. The van der Waals surface area contributed by atoms with Crippen molar-refractivity contribution in [2.45, 2.75) is 44.4 Å². The van der Waals surface area contributed by atoms with Gasteiger partial charge in [0.1, 0.15) is 6.54 Å². The molecule has 0 radical (unpaired) electrons. The van der Waals surface area contributed by atoms with Crippen LogP contribution in [0.5, 0.6) is 0 Å². The standard InChI is InChI=1S/C18H25N3O3S/c1-13-7-8-15(10-14(13)2)25-12-17(23)20-19-16(22)11-21-9-5-3-4-6-18(21)24/h7-8,10H,3-6,9,11-12H2,1-2H3,(H,19,22)(H,20,23). The molecule has 1 aromatic carbocycles. The topological polar surface area (TPSA) is 78.5 Å². The smallest absolute Gasteiger partial charge is 0.257 e. The van der Waals surface area contributed by atoms with Crippen molar-refractivity contribution in [3.8, 4) is 0 Å². The molecule has 136 valence electrons. The second-order valence-corrected chi connectivity index (χ2v) is 7.31. The highest BCUT2D eigenvalue weighted by molar-refractivity contribution is 8.00. The summed E-state index contributed by atoms with van der Waals surface area (Å²) in [6, 6.07) is 6.04. The Morgan fingerprint density at radius 3 is 2.60 bits per heavy atom. The predicted molar refractivity (Wildman–Crippen MR) is 98.0 cm³/mol. The number of amides is 3. The monoisotopic (exact) mass is 363 g/mol. The lowest BCUT2D eigenvalue weighted by Crippen LogP contribution is -2.48. The molecule has 0 saturated carbocycles. The van der Waals surface area contributed by atoms with Crippen LogP contribution in [0, 0.1) is 13.8 Å². The second-order valence-electron chi connectivity index (χ2n) is 6.26. The average Bonchev–Trinajstić information content (AvgIpc) is 2.79. The van der Waals surface area contributed by atoms with Crippen LogP contribution in [0.15, 0.2) is 23.1 Å². The summed E-state index contributed by atoms with van der Waals surface area (Å²) in [5, 5.41) is 0. The highest BCUT2D eigenvalue weighted by Crippen LogP contribution is 2.20. The van der Waals surface area contributed by atoms with Crippen LogP contribution >= 0.6 is 11.8 Å². The minimum absolute atomic E-state index is 0.00396. The molecule has 0 bridgehead atoms. The molecule has 2 rings (SSSR count). The zero-order chi connectivity index (χ0) is 18.2. The molecular formula is C18H25N3O3S. The van der Waals surface area contributed by atoms with E-state index in [1.165, 1.54) is 22.9 Å². The summed E-state index contributed by atoms with van der Waals surface area (Å²) < 4.78 is 0. The number of carbonyl (C=O) groups is 3. The van der Waals surface area contributed by atoms with Gasteiger partial charge in [0, 0.05) is 17.9 Å². The Morgan fingerprint density at radius 2 is 1.84 bits per heavy atom. The first-order chi connectivity index (χ1) is 12.0. The summed E-state index contributed by atoms with van der Waals surface area (Å²) in [6.07, 6.45) is 3.30. The largest absolute Gasteiger partial charge is 0.333 e. The van der Waals surface area contributed by atoms with E-state index in [1.807, 2.05) is 32.0 Å². The fraction of sp³-hybridized carbons (Fsp3) is 0.500. The molecule has 0 atom stereocenters. The summed E-state index contributed by atoms with van der Waals surface area (Å²) in [4.78, 5) is 38.2. The lowest BCUT2D eigenvalue weighted by molar-refractivity contribution is -0.136. The molecule has 1 heterocycles. The van der Waals surface area contributed by atoms with Crippen molar-refractivity contribution in [2.75, 3.05) is 18.8 Å². The zero-order valence-electron chi connectivity index (χ0n) is 14.8. The van der Waals surface area contributed by atoms with E-state index in [4.69, 9.17) is 0 Å². The number of nitrogens with one attached hydrogen (secondary N) is 2. The molecule has 1 aliphatic rings. The second kappa shape index (κ2) is 9.46. The van der Waals surface area contributed by atoms with Gasteiger partial charge in [-0.1, -0.05) is 12.5 Å². The Hall–Kier alpha value is -2.02. The number of thioether (sulfide) groups is 1. The van der Waals surface area contributed by atoms with Crippen molar-refractivity contribution in [1.82, 2.24) is 15.8 Å². The van der Waals surface area contributed by atoms with Gasteiger partial charge in [-0.2, -0.15) is 0 Å². The van der Waals surface area contributed by atoms with Crippen molar-refractivity contribution in [2.24, 2.45) is 0 Å². The SMILES string of the molecule is Cc1ccc(SCC(=O)NNC(=O)CN2CCCCCC2=O)cc1C. The van der Waals surface area contributed by atoms with E-state index < -0.39 is 0 Å². The molecule has 0 aromatic heterocycles. The molecule has 1 aliphatic heterocycles. The Bertz CT molecular complexity index is 648. The van der Waals surface area contributed by atoms with Gasteiger partial charge in [0.05, 0.1) is 5.75 Å². The molecule has 3 amide bonds. The Morgan fingerprint density at radius 1 is 1.08 bits per heavy atom. The van der Waals surface area contributed by atoms with E-state index in [0.717, 1.165) is 24.2 Å². The van der Waals surface area contributed by atoms with Gasteiger partial charge < -0.3 is 4.90 Å². The van der Waals surface area contributed by atoms with Gasteiger partial charge in [0.15, 0.2) is 0 Å². The molecule has 25 heavy (non-hydrogen) atoms. The fourth-order valence-corrected chi connectivity index (χ4v) is 3.34. The normalized spacial score (nSPS) is 14.8. The minimum Gasteiger partial charge on any atom is -0.333 e. The van der Waals surface area contributed by atoms with E-state index in [0.29, 0.717) is 13.0 Å². The van der Waals surface area contributed by atoms with Crippen LogP contribution in [0.4, 0.5) is 0 Å². The number of aryl methyl sites for hydroxylation is 2. The van der Waals surface area contributed by atoms with E-state index in [9.17, 15) is 14.4 Å². The summed E-state index contributed by atoms with van der Waals surface area (Å²) >= 11 is 1.41. The van der Waals surface area contributed by atoms with Gasteiger partial charge in [-0.25, -0.2) is 0 Å². The van der Waals surface area contributed by atoms with Crippen LogP contribution in [0.1, 0.15) is 36.8 Å². The maximum atomic E-state index is 11.9. The molecule has 0 unspecified atom stereocenters. The van der Waals surface area contributed by atoms with Gasteiger partial charge in [-0.15, -0.1) is 11.8 Å². The molecule has 1 aromatic rings. The maximum absolute atomic E-state index is 11.9. The van der Waals surface area contributed by atoms with Crippen molar-refractivity contribution >= 4 is 29.5 Å². The van der Waals surface area contributed by atoms with Gasteiger partial charge in [0.25, 0.3) is 5.91 Å². The van der Waals surface area contributed by atoms with Crippen LogP contribution in [-0.2, 0) is 14.4 Å². The Labute approximate surface area is 152 Å². The number of hydrogen-bond acceptors (Lipinski definition) is 4. The number of rotatable bonds is 5. The molecular weight excluding hydrogens is 338 g/mol. The van der Waals surface area contributed by atoms with Crippen LogP contribution in [0.25, 0.3) is 0 Å². The lowest BCUT2D eigenvalue weighted by atomic mass is 10.1. The quantitative estimate of drug-likeness (QED) is 0.619. The van der Waals surface area contributed by atoms with Crippen molar-refractivity contribution in [3.63, 3.8) is 0 Å². The molecule has 1 fully saturated rings. The number of benzene rings is 1. The minimum atomic E-state index is -0.375. The first-order valence-electron chi connectivity index (χ1n) is 8.51. The Balaban J connectivity index is 1.70. The molecule has 7 heteroatoms. The van der Waals surface area contributed by atoms with Gasteiger partial charge in [-0.3, -0.25) is 25.2 Å². The van der Waals surface area contributed by atoms with Gasteiger partial charge >= 0.3 is 0 Å². The highest BCUT2D eigenvalue weighted by Gasteiger charge is 2.19. The van der Waals surface area contributed by atoms with Crippen LogP contribution in [0.3, 0.4) is 0 Å². The first-order valence-corrected chi connectivity index (χ1v) is 9.50. The van der Waals surface area contributed by atoms with E-state index in [2.05, 4.69) is 10.9 Å². The van der Waals surface area contributed by atoms with Gasteiger partial charge in [0.2, 0.25) is 11.8 Å². The van der Waals surface area contributed by atoms with Gasteiger partial charge in [-0.05, 0) is 49.9 Å². The third kappa shape index (κ3) is 6.42. The molecule has 0 aliphatic carbocycles. The van der Waals surface area contributed by atoms with E-state index >= 15 is 0 Å². The number of likely N-dealkylation sites (tertiary alicyclic amines) is 1. The molecule has 1 saturated heterocycles. The number of carbonyl (C=O) groups excluding carboxylic acids is 3. The number of hydrogen-bond donors (Lipinski definition) is 2. The van der Waals surface area contributed by atoms with Crippen LogP contribution in [-0.4, -0.2) is 41.5 Å². The maximum Gasteiger partial charge on any atom is 0.257 e. The third-order valence-electron chi connectivity index (χ3n) is 4.20. The van der Waals surface area contributed by atoms with E-state index in [-0.39, 0.29) is 30.0 Å². The summed E-state index contributed by atoms with van der Waals surface area (Å²) in [5.74, 6) is -0.436. The summed E-state index contributed by atoms with van der Waals surface area (Å²) in [7, 11) is 0. The van der Waals surface area contributed by atoms with Crippen molar-refractivity contribution < 1.29 is 14.4 Å².